The maximum absolute atomic E-state index is 11.4. The van der Waals surface area contributed by atoms with E-state index in [4.69, 9.17) is 0 Å². The summed E-state index contributed by atoms with van der Waals surface area (Å²) in [6, 6.07) is 1.78. The van der Waals surface area contributed by atoms with Gasteiger partial charge in [-0.3, -0.25) is 9.52 Å². The van der Waals surface area contributed by atoms with Crippen LogP contribution in [-0.2, 0) is 15.8 Å². The van der Waals surface area contributed by atoms with Crippen LogP contribution < -0.4 is 9.62 Å². The lowest BCUT2D eigenvalue weighted by Gasteiger charge is -2.06. The molecule has 0 aliphatic carbocycles. The molecule has 1 amide bonds. The highest BCUT2D eigenvalue weighted by molar-refractivity contribution is 7.93. The fourth-order valence-electron chi connectivity index (χ4n) is 1.17. The van der Waals surface area contributed by atoms with E-state index in [1.165, 1.54) is 10.8 Å². The lowest BCUT2D eigenvalue weighted by molar-refractivity contribution is -0.114. The van der Waals surface area contributed by atoms with Crippen LogP contribution >= 0.6 is 0 Å². The van der Waals surface area contributed by atoms with Crippen LogP contribution in [0.25, 0.3) is 5.03 Å². The Bertz CT molecular complexity index is 463. The average Bonchev–Trinajstić information content (AvgIpc) is 2.71. The molecule has 0 saturated heterocycles. The summed E-state index contributed by atoms with van der Waals surface area (Å²) in [5, 5.41) is 4.52. The normalized spacial score (nSPS) is 20.0. The summed E-state index contributed by atoms with van der Waals surface area (Å²) in [7, 11) is 2.22. The van der Waals surface area contributed by atoms with Gasteiger partial charge in [0.05, 0.1) is 0 Å². The van der Waals surface area contributed by atoms with Gasteiger partial charge in [-0.25, -0.2) is 8.89 Å². The van der Waals surface area contributed by atoms with Gasteiger partial charge in [-0.1, -0.05) is 0 Å². The lowest BCUT2D eigenvalue weighted by Crippen LogP contribution is -2.17. The van der Waals surface area contributed by atoms with Crippen LogP contribution in [0.4, 0.5) is 5.82 Å². The summed E-state index contributed by atoms with van der Waals surface area (Å²) in [6.07, 6.45) is 2.95. The van der Waals surface area contributed by atoms with E-state index < -0.39 is 11.0 Å². The molecule has 0 fully saturated rings. The van der Waals surface area contributed by atoms with Crippen LogP contribution in [0.3, 0.4) is 0 Å². The molecule has 1 atom stereocenters. The Labute approximate surface area is 89.1 Å². The SMILES string of the molecule is CN(C)c1ccn(C2=CC(=O)NS2=O)n1. The number of amides is 1. The maximum Gasteiger partial charge on any atom is 0.258 e. The Hall–Kier alpha value is -1.63. The van der Waals surface area contributed by atoms with Crippen molar-refractivity contribution in [1.29, 1.82) is 0 Å². The molecular weight excluding hydrogens is 216 g/mol. The fraction of sp³-hybridized carbons (Fsp3) is 0.250. The quantitative estimate of drug-likeness (QED) is 0.741. The Morgan fingerprint density at radius 1 is 1.53 bits per heavy atom. The molecule has 0 bridgehead atoms. The zero-order valence-electron chi connectivity index (χ0n) is 8.30. The van der Waals surface area contributed by atoms with Crippen LogP contribution in [0.5, 0.6) is 0 Å². The standard InChI is InChI=1S/C8H10N4O2S/c1-11(2)6-3-4-12(9-6)8-5-7(13)10-15(8)14/h3-5H,1-2H3,(H,10,13). The highest BCUT2D eigenvalue weighted by Crippen LogP contribution is 2.15. The molecule has 1 aliphatic heterocycles. The Balaban J connectivity index is 2.34. The number of carbonyl (C=O) groups is 1. The second-order valence-corrected chi connectivity index (χ2v) is 4.39. The molecule has 1 aliphatic rings. The monoisotopic (exact) mass is 226 g/mol. The van der Waals surface area contributed by atoms with Gasteiger partial charge in [-0.15, -0.1) is 5.10 Å². The summed E-state index contributed by atoms with van der Waals surface area (Å²) in [5.74, 6) is 0.387. The number of nitrogens with one attached hydrogen (secondary N) is 1. The molecule has 0 saturated carbocycles. The van der Waals surface area contributed by atoms with Crippen LogP contribution in [0.1, 0.15) is 0 Å². The zero-order chi connectivity index (χ0) is 11.0. The number of hydrogen-bond donors (Lipinski definition) is 1. The molecule has 15 heavy (non-hydrogen) atoms. The summed E-state index contributed by atoms with van der Waals surface area (Å²) in [6.45, 7) is 0. The van der Waals surface area contributed by atoms with Gasteiger partial charge in [0.1, 0.15) is 0 Å². The van der Waals surface area contributed by atoms with E-state index in [2.05, 4.69) is 9.82 Å². The van der Waals surface area contributed by atoms with E-state index in [1.54, 1.807) is 12.3 Å². The van der Waals surface area contributed by atoms with Gasteiger partial charge in [-0.05, 0) is 0 Å². The van der Waals surface area contributed by atoms with E-state index in [0.717, 1.165) is 5.82 Å². The second kappa shape index (κ2) is 3.50. The Morgan fingerprint density at radius 2 is 2.27 bits per heavy atom. The van der Waals surface area contributed by atoms with E-state index >= 15 is 0 Å². The van der Waals surface area contributed by atoms with Crippen molar-refractivity contribution < 1.29 is 9.00 Å². The minimum absolute atomic E-state index is 0.355. The molecule has 0 spiro atoms. The number of hydrogen-bond acceptors (Lipinski definition) is 4. The number of rotatable bonds is 2. The minimum Gasteiger partial charge on any atom is -0.361 e. The van der Waals surface area contributed by atoms with Gasteiger partial charge in [0, 0.05) is 32.4 Å². The predicted molar refractivity (Wildman–Crippen MR) is 57.1 cm³/mol. The number of anilines is 1. The third kappa shape index (κ3) is 1.78. The number of carbonyl (C=O) groups excluding carboxylic acids is 1. The molecule has 2 heterocycles. The molecule has 6 nitrogen and oxygen atoms in total. The van der Waals surface area contributed by atoms with Gasteiger partial charge in [0.25, 0.3) is 5.91 Å². The molecule has 7 heteroatoms. The summed E-state index contributed by atoms with van der Waals surface area (Å²) >= 11 is 0. The van der Waals surface area contributed by atoms with Gasteiger partial charge >= 0.3 is 0 Å². The van der Waals surface area contributed by atoms with E-state index in [-0.39, 0.29) is 5.91 Å². The van der Waals surface area contributed by atoms with Gasteiger partial charge < -0.3 is 4.90 Å². The first-order chi connectivity index (χ1) is 7.08. The summed E-state index contributed by atoms with van der Waals surface area (Å²) < 4.78 is 15.1. The van der Waals surface area contributed by atoms with Crippen molar-refractivity contribution in [2.24, 2.45) is 0 Å². The van der Waals surface area contributed by atoms with E-state index in [0.29, 0.717) is 5.03 Å². The molecule has 2 rings (SSSR count). The van der Waals surface area contributed by atoms with Crippen LogP contribution in [0, 0.1) is 0 Å². The van der Waals surface area contributed by atoms with Crippen LogP contribution in [0.2, 0.25) is 0 Å². The van der Waals surface area contributed by atoms with Gasteiger partial charge in [0.15, 0.2) is 21.8 Å². The minimum atomic E-state index is -1.50. The average molecular weight is 226 g/mol. The first kappa shape index (κ1) is 9.91. The zero-order valence-corrected chi connectivity index (χ0v) is 9.11. The van der Waals surface area contributed by atoms with Crippen molar-refractivity contribution in [3.63, 3.8) is 0 Å². The lowest BCUT2D eigenvalue weighted by atomic mass is 10.6. The van der Waals surface area contributed by atoms with Crippen molar-refractivity contribution in [3.8, 4) is 0 Å². The molecule has 0 radical (unpaired) electrons. The van der Waals surface area contributed by atoms with Crippen molar-refractivity contribution >= 4 is 27.7 Å². The van der Waals surface area contributed by atoms with Crippen molar-refractivity contribution in [1.82, 2.24) is 14.5 Å². The fourth-order valence-corrected chi connectivity index (χ4v) is 2.00. The van der Waals surface area contributed by atoms with Crippen LogP contribution in [-0.4, -0.2) is 34.0 Å². The van der Waals surface area contributed by atoms with Crippen LogP contribution in [0.15, 0.2) is 18.3 Å². The van der Waals surface area contributed by atoms with E-state index in [1.807, 2.05) is 19.0 Å². The van der Waals surface area contributed by atoms with Crippen molar-refractivity contribution in [3.05, 3.63) is 18.3 Å². The Morgan fingerprint density at radius 3 is 2.73 bits per heavy atom. The molecule has 80 valence electrons. The van der Waals surface area contributed by atoms with Gasteiger partial charge in [-0.2, -0.15) is 0 Å². The third-order valence-corrected chi connectivity index (χ3v) is 2.97. The predicted octanol–water partition coefficient (Wildman–Crippen LogP) is -0.459. The number of aromatic nitrogens is 2. The second-order valence-electron chi connectivity index (χ2n) is 3.23. The molecule has 0 aromatic carbocycles. The molecule has 1 aromatic heterocycles. The smallest absolute Gasteiger partial charge is 0.258 e. The molecule has 1 N–H and O–H groups in total. The summed E-state index contributed by atoms with van der Waals surface area (Å²) in [4.78, 5) is 12.8. The van der Waals surface area contributed by atoms with Crippen molar-refractivity contribution in [2.75, 3.05) is 19.0 Å². The van der Waals surface area contributed by atoms with Crippen molar-refractivity contribution in [2.45, 2.75) is 0 Å². The Kier molecular flexibility index (Phi) is 2.31. The topological polar surface area (TPSA) is 67.2 Å². The summed E-state index contributed by atoms with van der Waals surface area (Å²) in [5.41, 5.74) is 0. The van der Waals surface area contributed by atoms with Gasteiger partial charge in [0.2, 0.25) is 0 Å². The number of nitrogens with zero attached hydrogens (tertiary/aromatic N) is 3. The van der Waals surface area contributed by atoms with E-state index in [9.17, 15) is 9.00 Å². The highest BCUT2D eigenvalue weighted by Gasteiger charge is 2.21. The largest absolute Gasteiger partial charge is 0.361 e. The first-order valence-electron chi connectivity index (χ1n) is 4.25. The maximum atomic E-state index is 11.4. The molecule has 1 aromatic rings. The highest BCUT2D eigenvalue weighted by atomic mass is 32.2. The molecule has 1 unspecified atom stereocenters. The first-order valence-corrected chi connectivity index (χ1v) is 5.40. The molecular formula is C8H10N4O2S. The third-order valence-electron chi connectivity index (χ3n) is 1.90.